The summed E-state index contributed by atoms with van der Waals surface area (Å²) in [6, 6.07) is 8.60. The van der Waals surface area contributed by atoms with Crippen LogP contribution in [0.4, 0.5) is 0 Å². The second-order valence-corrected chi connectivity index (χ2v) is 7.84. The van der Waals surface area contributed by atoms with Crippen LogP contribution in [0.5, 0.6) is 0 Å². The van der Waals surface area contributed by atoms with Crippen molar-refractivity contribution in [3.63, 3.8) is 0 Å². The normalized spacial score (nSPS) is 17.0. The van der Waals surface area contributed by atoms with Crippen molar-refractivity contribution in [2.75, 3.05) is 6.61 Å². The number of esters is 3. The number of aliphatic hydroxyl groups excluding tert-OH is 5. The lowest BCUT2D eigenvalue weighted by Gasteiger charge is -2.27. The molecule has 6 N–H and O–H groups in total. The first-order valence-electron chi connectivity index (χ1n) is 9.92. The second-order valence-electron chi connectivity index (χ2n) is 7.84. The predicted octanol–water partition coefficient (Wildman–Crippen LogP) is -1.60. The fourth-order valence-electron chi connectivity index (χ4n) is 2.87. The monoisotopic (exact) mass is 458 g/mol. The van der Waals surface area contributed by atoms with Crippen molar-refractivity contribution in [1.82, 2.24) is 0 Å². The highest BCUT2D eigenvalue weighted by Gasteiger charge is 2.43. The first kappa shape index (κ1) is 27.6. The minimum absolute atomic E-state index is 0.163. The molecule has 0 radical (unpaired) electrons. The van der Waals surface area contributed by atoms with Crippen molar-refractivity contribution < 1.29 is 54.5 Å². The molecule has 1 aromatic carbocycles. The van der Waals surface area contributed by atoms with Gasteiger partial charge in [0.1, 0.15) is 24.9 Å². The minimum Gasteiger partial charge on any atom is -0.459 e. The Bertz CT molecular complexity index is 751. The molecular weight excluding hydrogens is 428 g/mol. The van der Waals surface area contributed by atoms with Gasteiger partial charge in [-0.3, -0.25) is 4.79 Å². The summed E-state index contributed by atoms with van der Waals surface area (Å²) in [6.45, 7) is 2.23. The standard InChI is InChI=1S/C21H30O11/c1-12(2)8-21(30,20(29)31-11-13-6-4-3-5-7-13)9-15(24)32-19(28)18(27)17(26)16(25)14(23)10-22/h3-7,12,14,16-18,22-23,25-27,30H,8-11H2,1-2H3/t14-,16-,17+,18-,21?/m1/s1. The molecule has 0 saturated carbocycles. The summed E-state index contributed by atoms with van der Waals surface area (Å²) in [5.74, 6) is -4.44. The van der Waals surface area contributed by atoms with Crippen molar-refractivity contribution in [1.29, 1.82) is 0 Å². The van der Waals surface area contributed by atoms with Gasteiger partial charge in [-0.15, -0.1) is 0 Å². The van der Waals surface area contributed by atoms with E-state index in [-0.39, 0.29) is 18.9 Å². The molecule has 11 heteroatoms. The fraction of sp³-hybridized carbons (Fsp3) is 0.571. The maximum Gasteiger partial charge on any atom is 0.345 e. The van der Waals surface area contributed by atoms with E-state index in [9.17, 15) is 39.9 Å². The third-order valence-electron chi connectivity index (χ3n) is 4.49. The predicted molar refractivity (Wildman–Crippen MR) is 107 cm³/mol. The molecule has 1 aromatic rings. The molecule has 0 aliphatic heterocycles. The highest BCUT2D eigenvalue weighted by atomic mass is 16.6. The molecule has 0 fully saturated rings. The van der Waals surface area contributed by atoms with Crippen molar-refractivity contribution in [3.05, 3.63) is 35.9 Å². The Kier molecular flexibility index (Phi) is 10.9. The molecular formula is C21H30O11. The van der Waals surface area contributed by atoms with Crippen LogP contribution in [0.3, 0.4) is 0 Å². The zero-order valence-electron chi connectivity index (χ0n) is 17.8. The summed E-state index contributed by atoms with van der Waals surface area (Å²) >= 11 is 0. The Balaban J connectivity index is 2.79. The Hall–Kier alpha value is -2.41. The van der Waals surface area contributed by atoms with Gasteiger partial charge in [-0.2, -0.15) is 0 Å². The van der Waals surface area contributed by atoms with E-state index in [1.807, 2.05) is 0 Å². The van der Waals surface area contributed by atoms with Crippen LogP contribution in [0.1, 0.15) is 32.3 Å². The lowest BCUT2D eigenvalue weighted by Crippen LogP contribution is -2.50. The van der Waals surface area contributed by atoms with Crippen molar-refractivity contribution in [3.8, 4) is 0 Å². The van der Waals surface area contributed by atoms with Gasteiger partial charge in [0.25, 0.3) is 0 Å². The van der Waals surface area contributed by atoms with Crippen LogP contribution in [0.25, 0.3) is 0 Å². The molecule has 0 saturated heterocycles. The van der Waals surface area contributed by atoms with Gasteiger partial charge in [0.05, 0.1) is 13.0 Å². The molecule has 11 nitrogen and oxygen atoms in total. The summed E-state index contributed by atoms with van der Waals surface area (Å²) in [6.07, 6.45) is -9.87. The quantitative estimate of drug-likeness (QED) is 0.156. The van der Waals surface area contributed by atoms with Crippen LogP contribution in [0.2, 0.25) is 0 Å². The van der Waals surface area contributed by atoms with Crippen molar-refractivity contribution in [2.45, 2.75) is 63.3 Å². The molecule has 1 unspecified atom stereocenters. The number of ether oxygens (including phenoxy) is 2. The van der Waals surface area contributed by atoms with E-state index in [2.05, 4.69) is 4.74 Å². The van der Waals surface area contributed by atoms with E-state index < -0.39 is 61.0 Å². The van der Waals surface area contributed by atoms with Crippen molar-refractivity contribution >= 4 is 17.9 Å². The van der Waals surface area contributed by atoms with E-state index in [0.29, 0.717) is 5.56 Å². The second kappa shape index (κ2) is 12.6. The van der Waals surface area contributed by atoms with Gasteiger partial charge in [0.2, 0.25) is 0 Å². The smallest absolute Gasteiger partial charge is 0.345 e. The Morgan fingerprint density at radius 1 is 1.00 bits per heavy atom. The van der Waals surface area contributed by atoms with Gasteiger partial charge in [-0.1, -0.05) is 44.2 Å². The minimum atomic E-state index is -2.45. The highest BCUT2D eigenvalue weighted by Crippen LogP contribution is 2.24. The number of hydrogen-bond donors (Lipinski definition) is 6. The molecule has 0 spiro atoms. The number of carbonyl (C=O) groups is 3. The van der Waals surface area contributed by atoms with Gasteiger partial charge in [-0.25, -0.2) is 9.59 Å². The van der Waals surface area contributed by atoms with E-state index >= 15 is 0 Å². The number of benzene rings is 1. The largest absolute Gasteiger partial charge is 0.459 e. The zero-order valence-corrected chi connectivity index (χ0v) is 17.8. The van der Waals surface area contributed by atoms with Gasteiger partial charge < -0.3 is 40.1 Å². The Morgan fingerprint density at radius 3 is 2.12 bits per heavy atom. The van der Waals surface area contributed by atoms with Crippen molar-refractivity contribution in [2.24, 2.45) is 5.92 Å². The molecule has 0 aromatic heterocycles. The maximum atomic E-state index is 12.5. The lowest BCUT2D eigenvalue weighted by molar-refractivity contribution is -0.184. The summed E-state index contributed by atoms with van der Waals surface area (Å²) in [5, 5.41) is 57.7. The molecule has 32 heavy (non-hydrogen) atoms. The number of carbonyl (C=O) groups excluding carboxylic acids is 3. The van der Waals surface area contributed by atoms with E-state index in [1.54, 1.807) is 44.2 Å². The topological polar surface area (TPSA) is 191 Å². The molecule has 1 rings (SSSR count). The fourth-order valence-corrected chi connectivity index (χ4v) is 2.87. The molecule has 0 bridgehead atoms. The van der Waals surface area contributed by atoms with Gasteiger partial charge in [0, 0.05) is 0 Å². The lowest BCUT2D eigenvalue weighted by atomic mass is 9.89. The highest BCUT2D eigenvalue weighted by molar-refractivity contribution is 5.92. The van der Waals surface area contributed by atoms with Gasteiger partial charge in [-0.05, 0) is 17.9 Å². The van der Waals surface area contributed by atoms with E-state index in [0.717, 1.165) is 0 Å². The average molecular weight is 458 g/mol. The Morgan fingerprint density at radius 2 is 1.59 bits per heavy atom. The van der Waals surface area contributed by atoms with Crippen LogP contribution in [-0.2, 0) is 30.5 Å². The van der Waals surface area contributed by atoms with Crippen LogP contribution in [0, 0.1) is 5.92 Å². The average Bonchev–Trinajstić information content (AvgIpc) is 2.74. The van der Waals surface area contributed by atoms with Crippen LogP contribution >= 0.6 is 0 Å². The third-order valence-corrected chi connectivity index (χ3v) is 4.49. The first-order valence-corrected chi connectivity index (χ1v) is 9.92. The molecule has 0 aliphatic carbocycles. The Labute approximate surface area is 184 Å². The van der Waals surface area contributed by atoms with Crippen LogP contribution < -0.4 is 0 Å². The van der Waals surface area contributed by atoms with Crippen LogP contribution in [0.15, 0.2) is 30.3 Å². The van der Waals surface area contributed by atoms with E-state index in [4.69, 9.17) is 9.84 Å². The molecule has 0 heterocycles. The van der Waals surface area contributed by atoms with Gasteiger partial charge >= 0.3 is 17.9 Å². The third kappa shape index (κ3) is 8.26. The SMILES string of the molecule is CC(C)CC(O)(CC(=O)OC(=O)[C@H](O)[C@@H](O)[C@H](O)[C@H](O)CO)C(=O)OCc1ccccc1. The summed E-state index contributed by atoms with van der Waals surface area (Å²) in [5.41, 5.74) is -1.68. The molecule has 0 aliphatic rings. The van der Waals surface area contributed by atoms with Crippen LogP contribution in [-0.4, -0.2) is 85.2 Å². The first-order chi connectivity index (χ1) is 14.9. The van der Waals surface area contributed by atoms with E-state index in [1.165, 1.54) is 0 Å². The number of aliphatic hydroxyl groups is 6. The molecule has 0 amide bonds. The maximum absolute atomic E-state index is 12.5. The summed E-state index contributed by atoms with van der Waals surface area (Å²) in [4.78, 5) is 36.5. The summed E-state index contributed by atoms with van der Waals surface area (Å²) < 4.78 is 9.48. The zero-order chi connectivity index (χ0) is 24.5. The molecule has 5 atom stereocenters. The number of rotatable bonds is 12. The molecule has 180 valence electrons. The van der Waals surface area contributed by atoms with Gasteiger partial charge in [0.15, 0.2) is 11.7 Å². The number of hydrogen-bond acceptors (Lipinski definition) is 11. The summed E-state index contributed by atoms with van der Waals surface area (Å²) in [7, 11) is 0.